The Balaban J connectivity index is 2.18. The van der Waals surface area contributed by atoms with Crippen LogP contribution in [0.3, 0.4) is 0 Å². The van der Waals surface area contributed by atoms with Crippen molar-refractivity contribution in [3.05, 3.63) is 17.5 Å². The monoisotopic (exact) mass is 236 g/mol. The van der Waals surface area contributed by atoms with E-state index in [1.807, 2.05) is 0 Å². The van der Waals surface area contributed by atoms with Gasteiger partial charge in [-0.1, -0.05) is 13.8 Å². The van der Waals surface area contributed by atoms with Crippen LogP contribution in [-0.2, 0) is 6.54 Å². The van der Waals surface area contributed by atoms with Gasteiger partial charge in [-0.3, -0.25) is 0 Å². The number of hydrogen-bond acceptors (Lipinski definition) is 2. The molecule has 0 atom stereocenters. The molecule has 1 aliphatic heterocycles. The average molecular weight is 236 g/mol. The van der Waals surface area contributed by atoms with Gasteiger partial charge in [0.25, 0.3) is 0 Å². The molecule has 0 bridgehead atoms. The lowest BCUT2D eigenvalue weighted by Gasteiger charge is -2.39. The summed E-state index contributed by atoms with van der Waals surface area (Å²) in [5.74, 6) is 1.71. The standard InChI is InChI=1S/C14H24N2O/c1-10(2)7-16-11(3)6-13(12(16)4)17-14(5)8-15-9-14/h6,10,15H,7-9H2,1-5H3. The highest BCUT2D eigenvalue weighted by molar-refractivity contribution is 5.34. The minimum absolute atomic E-state index is 0.0127. The van der Waals surface area contributed by atoms with Crippen LogP contribution in [0, 0.1) is 19.8 Å². The molecule has 1 aromatic rings. The highest BCUT2D eigenvalue weighted by Gasteiger charge is 2.34. The lowest BCUT2D eigenvalue weighted by molar-refractivity contribution is 0.0341. The maximum atomic E-state index is 6.13. The van der Waals surface area contributed by atoms with Crippen LogP contribution in [0.25, 0.3) is 0 Å². The summed E-state index contributed by atoms with van der Waals surface area (Å²) in [6.45, 7) is 13.9. The molecule has 96 valence electrons. The second-order valence-corrected chi connectivity index (χ2v) is 5.90. The maximum Gasteiger partial charge on any atom is 0.141 e. The molecule has 0 unspecified atom stereocenters. The smallest absolute Gasteiger partial charge is 0.141 e. The number of rotatable bonds is 4. The van der Waals surface area contributed by atoms with Gasteiger partial charge < -0.3 is 14.6 Å². The topological polar surface area (TPSA) is 26.2 Å². The van der Waals surface area contributed by atoms with Gasteiger partial charge in [-0.05, 0) is 26.7 Å². The van der Waals surface area contributed by atoms with Gasteiger partial charge in [-0.15, -0.1) is 0 Å². The Morgan fingerprint density at radius 2 is 2.06 bits per heavy atom. The van der Waals surface area contributed by atoms with Crippen LogP contribution in [0.4, 0.5) is 0 Å². The molecule has 1 aliphatic rings. The Labute approximate surface area is 104 Å². The van der Waals surface area contributed by atoms with E-state index in [0.717, 1.165) is 25.4 Å². The van der Waals surface area contributed by atoms with Crippen LogP contribution < -0.4 is 10.1 Å². The minimum Gasteiger partial charge on any atom is -0.483 e. The van der Waals surface area contributed by atoms with Crippen molar-refractivity contribution in [2.75, 3.05) is 13.1 Å². The molecule has 3 nitrogen and oxygen atoms in total. The summed E-state index contributed by atoms with van der Waals surface area (Å²) < 4.78 is 8.48. The van der Waals surface area contributed by atoms with Crippen LogP contribution >= 0.6 is 0 Å². The zero-order valence-electron chi connectivity index (χ0n) is 11.6. The van der Waals surface area contributed by atoms with Crippen molar-refractivity contribution in [2.24, 2.45) is 5.92 Å². The first-order valence-electron chi connectivity index (χ1n) is 6.48. The molecule has 1 N–H and O–H groups in total. The molecule has 0 spiro atoms. The zero-order valence-corrected chi connectivity index (χ0v) is 11.6. The summed E-state index contributed by atoms with van der Waals surface area (Å²) in [5.41, 5.74) is 2.53. The largest absolute Gasteiger partial charge is 0.483 e. The van der Waals surface area contributed by atoms with Gasteiger partial charge in [0.2, 0.25) is 0 Å². The molecule has 0 radical (unpaired) electrons. The third kappa shape index (κ3) is 2.49. The summed E-state index contributed by atoms with van der Waals surface area (Å²) in [7, 11) is 0. The predicted octanol–water partition coefficient (Wildman–Crippen LogP) is 2.50. The summed E-state index contributed by atoms with van der Waals surface area (Å²) in [6.07, 6.45) is 0. The van der Waals surface area contributed by atoms with Gasteiger partial charge in [0.1, 0.15) is 11.4 Å². The highest BCUT2D eigenvalue weighted by atomic mass is 16.5. The molecule has 0 aliphatic carbocycles. The van der Waals surface area contributed by atoms with Crippen molar-refractivity contribution in [1.82, 2.24) is 9.88 Å². The van der Waals surface area contributed by atoms with Crippen LogP contribution in [0.2, 0.25) is 0 Å². The third-order valence-corrected chi connectivity index (χ3v) is 3.43. The number of ether oxygens (including phenoxy) is 1. The molecule has 1 fully saturated rings. The fraction of sp³-hybridized carbons (Fsp3) is 0.714. The van der Waals surface area contributed by atoms with Gasteiger partial charge in [0, 0.05) is 31.4 Å². The molecular formula is C14H24N2O. The van der Waals surface area contributed by atoms with Crippen molar-refractivity contribution in [2.45, 2.75) is 46.8 Å². The second-order valence-electron chi connectivity index (χ2n) is 5.90. The van der Waals surface area contributed by atoms with Crippen molar-refractivity contribution < 1.29 is 4.74 Å². The van der Waals surface area contributed by atoms with Crippen molar-refractivity contribution in [3.8, 4) is 5.75 Å². The van der Waals surface area contributed by atoms with Crippen LogP contribution in [-0.4, -0.2) is 23.3 Å². The third-order valence-electron chi connectivity index (χ3n) is 3.43. The van der Waals surface area contributed by atoms with E-state index in [1.165, 1.54) is 11.4 Å². The number of aryl methyl sites for hydroxylation is 1. The Bertz CT molecular complexity index is 403. The summed E-state index contributed by atoms with van der Waals surface area (Å²) in [4.78, 5) is 0. The van der Waals surface area contributed by atoms with E-state index in [4.69, 9.17) is 4.74 Å². The van der Waals surface area contributed by atoms with Gasteiger partial charge in [0.15, 0.2) is 0 Å². The first kappa shape index (κ1) is 12.5. The molecule has 17 heavy (non-hydrogen) atoms. The molecule has 0 aromatic carbocycles. The van der Waals surface area contributed by atoms with Crippen molar-refractivity contribution in [3.63, 3.8) is 0 Å². The van der Waals surface area contributed by atoms with E-state index in [9.17, 15) is 0 Å². The first-order chi connectivity index (χ1) is 7.91. The normalized spacial score (nSPS) is 18.2. The van der Waals surface area contributed by atoms with Crippen molar-refractivity contribution in [1.29, 1.82) is 0 Å². The number of hydrogen-bond donors (Lipinski definition) is 1. The number of aromatic nitrogens is 1. The second kappa shape index (κ2) is 4.37. The quantitative estimate of drug-likeness (QED) is 0.869. The fourth-order valence-corrected chi connectivity index (χ4v) is 2.33. The van der Waals surface area contributed by atoms with E-state index >= 15 is 0 Å². The molecule has 3 heteroatoms. The van der Waals surface area contributed by atoms with Crippen molar-refractivity contribution >= 4 is 0 Å². The summed E-state index contributed by atoms with van der Waals surface area (Å²) >= 11 is 0. The van der Waals surface area contributed by atoms with Gasteiger partial charge in [0.05, 0.1) is 5.69 Å². The number of nitrogens with one attached hydrogen (secondary N) is 1. The van der Waals surface area contributed by atoms with Crippen LogP contribution in [0.5, 0.6) is 5.75 Å². The van der Waals surface area contributed by atoms with E-state index < -0.39 is 0 Å². The molecular weight excluding hydrogens is 212 g/mol. The first-order valence-corrected chi connectivity index (χ1v) is 6.48. The Hall–Kier alpha value is -0.960. The Morgan fingerprint density at radius 1 is 1.41 bits per heavy atom. The lowest BCUT2D eigenvalue weighted by Crippen LogP contribution is -2.61. The minimum atomic E-state index is -0.0127. The average Bonchev–Trinajstić information content (AvgIpc) is 2.43. The van der Waals surface area contributed by atoms with Gasteiger partial charge in [-0.25, -0.2) is 0 Å². The highest BCUT2D eigenvalue weighted by Crippen LogP contribution is 2.28. The summed E-state index contributed by atoms with van der Waals surface area (Å²) in [6, 6.07) is 2.17. The molecule has 2 heterocycles. The van der Waals surface area contributed by atoms with E-state index in [0.29, 0.717) is 5.92 Å². The molecule has 2 rings (SSSR count). The van der Waals surface area contributed by atoms with Gasteiger partial charge >= 0.3 is 0 Å². The molecule has 1 saturated heterocycles. The zero-order chi connectivity index (χ0) is 12.6. The molecule has 0 amide bonds. The SMILES string of the molecule is Cc1cc(OC2(C)CNC2)c(C)n1CC(C)C. The van der Waals surface area contributed by atoms with E-state index in [-0.39, 0.29) is 5.60 Å². The Kier molecular flexibility index (Phi) is 3.21. The number of nitrogens with zero attached hydrogens (tertiary/aromatic N) is 1. The maximum absolute atomic E-state index is 6.13. The van der Waals surface area contributed by atoms with E-state index in [1.54, 1.807) is 0 Å². The molecule has 1 aromatic heterocycles. The van der Waals surface area contributed by atoms with E-state index in [2.05, 4.69) is 50.6 Å². The van der Waals surface area contributed by atoms with Crippen LogP contribution in [0.15, 0.2) is 6.07 Å². The van der Waals surface area contributed by atoms with Crippen LogP contribution in [0.1, 0.15) is 32.2 Å². The predicted molar refractivity (Wildman–Crippen MR) is 70.6 cm³/mol. The lowest BCUT2D eigenvalue weighted by atomic mass is 10.00. The molecule has 0 saturated carbocycles. The Morgan fingerprint density at radius 3 is 2.53 bits per heavy atom. The fourth-order valence-electron chi connectivity index (χ4n) is 2.33. The summed E-state index contributed by atoms with van der Waals surface area (Å²) in [5, 5.41) is 3.26. The van der Waals surface area contributed by atoms with Gasteiger partial charge in [-0.2, -0.15) is 0 Å².